The lowest BCUT2D eigenvalue weighted by Gasteiger charge is -2.22. The van der Waals surface area contributed by atoms with Crippen molar-refractivity contribution in [2.24, 2.45) is 0 Å². The van der Waals surface area contributed by atoms with Crippen molar-refractivity contribution in [3.63, 3.8) is 0 Å². The molecule has 0 aliphatic rings. The number of amidine groups is 1. The third kappa shape index (κ3) is 3.86. The summed E-state index contributed by atoms with van der Waals surface area (Å²) < 4.78 is 2.00. The van der Waals surface area contributed by atoms with Gasteiger partial charge in [0, 0.05) is 0 Å². The minimum atomic E-state index is 0.0209. The monoisotopic (exact) mass is 309 g/mol. The molecule has 0 N–H and O–H groups in total. The second kappa shape index (κ2) is 7.23. The highest BCUT2D eigenvalue weighted by Crippen LogP contribution is 2.15. The fraction of sp³-hybridized carbons (Fsp3) is 0.300. The maximum atomic E-state index is 13.1. The van der Waals surface area contributed by atoms with Gasteiger partial charge >= 0.3 is 5.91 Å². The van der Waals surface area contributed by atoms with Gasteiger partial charge < -0.3 is 0 Å². The number of amides is 1. The molecule has 3 nitrogen and oxygen atoms in total. The minimum absolute atomic E-state index is 0.0209. The number of benzene rings is 2. The molecule has 0 bridgehead atoms. The topological polar surface area (TPSA) is 23.3 Å². The molecule has 0 heterocycles. The Morgan fingerprint density at radius 1 is 0.913 bits per heavy atom. The third-order valence-electron chi connectivity index (χ3n) is 3.72. The predicted molar refractivity (Wildman–Crippen MR) is 95.1 cm³/mol. The van der Waals surface area contributed by atoms with Gasteiger partial charge in [0.05, 0.1) is 31.3 Å². The third-order valence-corrected chi connectivity index (χ3v) is 3.72. The van der Waals surface area contributed by atoms with Gasteiger partial charge in [-0.3, -0.25) is 4.58 Å². The Bertz CT molecular complexity index is 696. The van der Waals surface area contributed by atoms with Crippen LogP contribution < -0.4 is 0 Å². The number of carbonyl (C=O) groups excluding carboxylic acids is 1. The van der Waals surface area contributed by atoms with Crippen LogP contribution in [0.2, 0.25) is 0 Å². The number of hydrogen-bond acceptors (Lipinski definition) is 1. The highest BCUT2D eigenvalue weighted by Gasteiger charge is 2.33. The largest absolute Gasteiger partial charge is 0.341 e. The van der Waals surface area contributed by atoms with E-state index in [0.717, 1.165) is 17.0 Å². The van der Waals surface area contributed by atoms with Crippen LogP contribution in [-0.2, 0) is 0 Å². The van der Waals surface area contributed by atoms with E-state index in [1.807, 2.05) is 98.9 Å². The first-order valence-electron chi connectivity index (χ1n) is 7.91. The summed E-state index contributed by atoms with van der Waals surface area (Å²) in [6.07, 6.45) is 0. The molecule has 0 aliphatic heterocycles. The highest BCUT2D eigenvalue weighted by molar-refractivity contribution is 6.10. The van der Waals surface area contributed by atoms with E-state index in [0.29, 0.717) is 5.56 Å². The molecule has 1 amide bonds. The molecule has 0 atom stereocenters. The molecule has 2 aromatic carbocycles. The number of nitrogens with zero attached hydrogens (tertiary/aromatic N) is 2. The van der Waals surface area contributed by atoms with Crippen LogP contribution in [0.25, 0.3) is 0 Å². The summed E-state index contributed by atoms with van der Waals surface area (Å²) in [4.78, 5) is 15.0. The number of aryl methyl sites for hydroxylation is 1. The SMILES string of the molecule is Cc1ccc(C(=O)N(C(c2ccccc2)=[N+](C)C)C(C)C)cc1. The summed E-state index contributed by atoms with van der Waals surface area (Å²) in [6.45, 7) is 6.10. The Morgan fingerprint density at radius 2 is 1.48 bits per heavy atom. The van der Waals surface area contributed by atoms with E-state index in [1.54, 1.807) is 0 Å². The molecular weight excluding hydrogens is 284 g/mol. The van der Waals surface area contributed by atoms with Crippen LogP contribution in [0.3, 0.4) is 0 Å². The van der Waals surface area contributed by atoms with E-state index < -0.39 is 0 Å². The maximum absolute atomic E-state index is 13.1. The molecule has 2 aromatic rings. The molecule has 0 aliphatic carbocycles. The normalized spacial score (nSPS) is 10.5. The summed E-state index contributed by atoms with van der Waals surface area (Å²) >= 11 is 0. The van der Waals surface area contributed by atoms with Gasteiger partial charge in [0.15, 0.2) is 0 Å². The summed E-state index contributed by atoms with van der Waals surface area (Å²) in [5, 5.41) is 0. The lowest BCUT2D eigenvalue weighted by atomic mass is 10.1. The standard InChI is InChI=1S/C20H25N2O/c1-15(2)22(20(23)18-13-11-16(3)12-14-18)19(21(4)5)17-9-7-6-8-10-17/h6-15H,1-5H3/q+1. The molecule has 0 spiro atoms. The average molecular weight is 309 g/mol. The van der Waals surface area contributed by atoms with Crippen LogP contribution in [0.5, 0.6) is 0 Å². The van der Waals surface area contributed by atoms with Crippen LogP contribution in [0.4, 0.5) is 0 Å². The zero-order valence-corrected chi connectivity index (χ0v) is 14.6. The first-order valence-corrected chi connectivity index (χ1v) is 7.91. The fourth-order valence-electron chi connectivity index (χ4n) is 2.61. The van der Waals surface area contributed by atoms with Crippen molar-refractivity contribution >= 4 is 11.7 Å². The molecule has 0 radical (unpaired) electrons. The highest BCUT2D eigenvalue weighted by atomic mass is 16.2. The first-order chi connectivity index (χ1) is 10.9. The van der Waals surface area contributed by atoms with Crippen molar-refractivity contribution in [3.8, 4) is 0 Å². The van der Waals surface area contributed by atoms with Crippen LogP contribution in [0, 0.1) is 6.92 Å². The van der Waals surface area contributed by atoms with Gasteiger partial charge in [0.2, 0.25) is 0 Å². The smallest absolute Gasteiger partial charge is 0.266 e. The fourth-order valence-corrected chi connectivity index (χ4v) is 2.61. The van der Waals surface area contributed by atoms with E-state index >= 15 is 0 Å². The molecule has 120 valence electrons. The summed E-state index contributed by atoms with van der Waals surface area (Å²) in [5.41, 5.74) is 2.89. The molecule has 3 heteroatoms. The Labute approximate surface area is 138 Å². The zero-order chi connectivity index (χ0) is 17.0. The first kappa shape index (κ1) is 16.9. The predicted octanol–water partition coefficient (Wildman–Crippen LogP) is 3.56. The van der Waals surface area contributed by atoms with Gasteiger partial charge in [0.1, 0.15) is 0 Å². The Balaban J connectivity index is 2.50. The van der Waals surface area contributed by atoms with Crippen LogP contribution in [0.1, 0.15) is 35.3 Å². The van der Waals surface area contributed by atoms with Crippen molar-refractivity contribution < 1.29 is 9.37 Å². The van der Waals surface area contributed by atoms with Crippen LogP contribution in [-0.4, -0.2) is 41.4 Å². The van der Waals surface area contributed by atoms with E-state index in [4.69, 9.17) is 0 Å². The van der Waals surface area contributed by atoms with Crippen molar-refractivity contribution in [2.75, 3.05) is 14.1 Å². The molecule has 0 unspecified atom stereocenters. The van der Waals surface area contributed by atoms with E-state index in [1.165, 1.54) is 0 Å². The second-order valence-electron chi connectivity index (χ2n) is 6.22. The molecule has 23 heavy (non-hydrogen) atoms. The summed E-state index contributed by atoms with van der Waals surface area (Å²) in [6, 6.07) is 17.8. The molecule has 2 rings (SSSR count). The van der Waals surface area contributed by atoms with E-state index in [2.05, 4.69) is 0 Å². The van der Waals surface area contributed by atoms with Gasteiger partial charge in [0.25, 0.3) is 5.84 Å². The van der Waals surface area contributed by atoms with Crippen molar-refractivity contribution in [3.05, 3.63) is 71.3 Å². The van der Waals surface area contributed by atoms with Crippen LogP contribution >= 0.6 is 0 Å². The molecule has 0 fully saturated rings. The van der Waals surface area contributed by atoms with Crippen molar-refractivity contribution in [2.45, 2.75) is 26.8 Å². The van der Waals surface area contributed by atoms with Crippen LogP contribution in [0.15, 0.2) is 54.6 Å². The molecule has 0 saturated carbocycles. The summed E-state index contributed by atoms with van der Waals surface area (Å²) in [5.74, 6) is 0.929. The molecular formula is C20H25N2O+. The van der Waals surface area contributed by atoms with Gasteiger partial charge in [-0.1, -0.05) is 35.9 Å². The van der Waals surface area contributed by atoms with Gasteiger partial charge in [-0.2, -0.15) is 4.90 Å². The van der Waals surface area contributed by atoms with Crippen molar-refractivity contribution in [1.82, 2.24) is 4.90 Å². The van der Waals surface area contributed by atoms with Crippen molar-refractivity contribution in [1.29, 1.82) is 0 Å². The van der Waals surface area contributed by atoms with Gasteiger partial charge in [-0.15, -0.1) is 0 Å². The zero-order valence-electron chi connectivity index (χ0n) is 14.6. The quantitative estimate of drug-likeness (QED) is 0.483. The minimum Gasteiger partial charge on any atom is -0.266 e. The number of rotatable bonds is 3. The lowest BCUT2D eigenvalue weighted by molar-refractivity contribution is -0.468. The maximum Gasteiger partial charge on any atom is 0.341 e. The number of carbonyl (C=O) groups is 1. The Hall–Kier alpha value is -2.42. The molecule has 0 saturated heterocycles. The summed E-state index contributed by atoms with van der Waals surface area (Å²) in [7, 11) is 3.94. The lowest BCUT2D eigenvalue weighted by Crippen LogP contribution is -2.45. The Morgan fingerprint density at radius 3 is 1.96 bits per heavy atom. The van der Waals surface area contributed by atoms with E-state index in [9.17, 15) is 4.79 Å². The Kier molecular flexibility index (Phi) is 5.32. The van der Waals surface area contributed by atoms with E-state index in [-0.39, 0.29) is 11.9 Å². The average Bonchev–Trinajstić information content (AvgIpc) is 2.52. The van der Waals surface area contributed by atoms with Gasteiger partial charge in [-0.05, 0) is 45.0 Å². The molecule has 0 aromatic heterocycles. The second-order valence-corrected chi connectivity index (χ2v) is 6.22. The number of hydrogen-bond donors (Lipinski definition) is 0. The van der Waals surface area contributed by atoms with Gasteiger partial charge in [-0.25, -0.2) is 4.79 Å².